The van der Waals surface area contributed by atoms with Crippen LogP contribution in [0.1, 0.15) is 0 Å². The third kappa shape index (κ3) is 44.8. The molecule has 0 saturated carbocycles. The predicted octanol–water partition coefficient (Wildman–Crippen LogP) is 0.644. The Morgan fingerprint density at radius 3 is 1.40 bits per heavy atom. The molecule has 0 fully saturated rings. The Kier molecular flexibility index (Phi) is 6.28. The Bertz CT molecular complexity index is 29.9. The van der Waals surface area contributed by atoms with E-state index in [4.69, 9.17) is 15.0 Å². The van der Waals surface area contributed by atoms with Crippen molar-refractivity contribution in [2.24, 2.45) is 0 Å². The van der Waals surface area contributed by atoms with Gasteiger partial charge in [-0.25, -0.2) is 4.79 Å². The maximum Gasteiger partial charge on any atom is 0.503 e. The van der Waals surface area contributed by atoms with Gasteiger partial charge in [0.05, 0.1) is 0 Å². The minimum absolute atomic E-state index is 0. The topological polar surface area (TPSA) is 57.5 Å². The summed E-state index contributed by atoms with van der Waals surface area (Å²) in [5.74, 6) is 0. The molecule has 0 spiro atoms. The van der Waals surface area contributed by atoms with Gasteiger partial charge in [-0.2, -0.15) is 0 Å². The highest BCUT2D eigenvalue weighted by molar-refractivity contribution is 5.85. The van der Waals surface area contributed by atoms with Gasteiger partial charge in [-0.1, -0.05) is 0 Å². The average molecular weight is 98.5 g/mol. The highest BCUT2D eigenvalue weighted by Gasteiger charge is 1.70. The van der Waals surface area contributed by atoms with Gasteiger partial charge < -0.3 is 10.2 Å². The van der Waals surface area contributed by atoms with Gasteiger partial charge >= 0.3 is 6.16 Å². The largest absolute Gasteiger partial charge is 0.503 e. The van der Waals surface area contributed by atoms with Crippen LogP contribution >= 0.6 is 12.4 Å². The van der Waals surface area contributed by atoms with E-state index < -0.39 is 6.16 Å². The quantitative estimate of drug-likeness (QED) is 0.468. The molecule has 0 saturated heterocycles. The first kappa shape index (κ1) is 8.82. The second-order valence-electron chi connectivity index (χ2n) is 0.283. The maximum atomic E-state index is 8.56. The molecule has 0 amide bonds. The Labute approximate surface area is 34.6 Å². The number of rotatable bonds is 0. The molecule has 0 bridgehead atoms. The first-order chi connectivity index (χ1) is 1.73. The van der Waals surface area contributed by atoms with Gasteiger partial charge in [0.25, 0.3) is 0 Å². The summed E-state index contributed by atoms with van der Waals surface area (Å²) in [6.45, 7) is 0. The lowest BCUT2D eigenvalue weighted by Crippen LogP contribution is -1.81. The Morgan fingerprint density at radius 1 is 1.40 bits per heavy atom. The van der Waals surface area contributed by atoms with E-state index in [1.165, 1.54) is 0 Å². The summed E-state index contributed by atoms with van der Waals surface area (Å²) in [4.78, 5) is 8.56. The van der Waals surface area contributed by atoms with Crippen LogP contribution < -0.4 is 0 Å². The van der Waals surface area contributed by atoms with Crippen molar-refractivity contribution in [1.82, 2.24) is 0 Å². The summed E-state index contributed by atoms with van der Waals surface area (Å²) in [5.41, 5.74) is 0. The van der Waals surface area contributed by atoms with Crippen molar-refractivity contribution in [1.29, 1.82) is 0 Å². The highest BCUT2D eigenvalue weighted by atomic mass is 35.5. The van der Waals surface area contributed by atoms with E-state index in [1.54, 1.807) is 0 Å². The maximum absolute atomic E-state index is 8.56. The van der Waals surface area contributed by atoms with E-state index in [0.29, 0.717) is 0 Å². The van der Waals surface area contributed by atoms with Gasteiger partial charge in [-0.05, 0) is 0 Å². The lowest BCUT2D eigenvalue weighted by atomic mass is 11.5. The zero-order valence-corrected chi connectivity index (χ0v) is 3.03. The smallest absolute Gasteiger partial charge is 0.450 e. The molecule has 4 heteroatoms. The van der Waals surface area contributed by atoms with Crippen molar-refractivity contribution in [3.8, 4) is 0 Å². The highest BCUT2D eigenvalue weighted by Crippen LogP contribution is 1.42. The molecule has 0 radical (unpaired) electrons. The number of carboxylic acid groups (broad SMARTS) is 2. The first-order valence-corrected chi connectivity index (χ1v) is 0.651. The standard InChI is InChI=1S/CH2O3.ClH/c2-1(3)4;/h(H2,2,3,4);1H. The monoisotopic (exact) mass is 98.0 g/mol. The third-order valence-corrected chi connectivity index (χ3v) is 0. The number of carbonyl (C=O) groups is 1. The van der Waals surface area contributed by atoms with Gasteiger partial charge in [-0.3, -0.25) is 0 Å². The molecular weight excluding hydrogens is 95.5 g/mol. The molecular formula is CH3ClO3. The van der Waals surface area contributed by atoms with Gasteiger partial charge in [0.1, 0.15) is 0 Å². The number of hydrogen-bond donors (Lipinski definition) is 2. The Balaban J connectivity index is 0. The van der Waals surface area contributed by atoms with E-state index in [-0.39, 0.29) is 12.4 Å². The van der Waals surface area contributed by atoms with Crippen LogP contribution in [-0.4, -0.2) is 16.4 Å². The van der Waals surface area contributed by atoms with Crippen molar-refractivity contribution in [3.63, 3.8) is 0 Å². The molecule has 0 aliphatic rings. The summed E-state index contributed by atoms with van der Waals surface area (Å²) >= 11 is 0. The summed E-state index contributed by atoms with van der Waals surface area (Å²) in [7, 11) is 0. The lowest BCUT2D eigenvalue weighted by molar-refractivity contribution is 0.137. The Hall–Kier alpha value is -0.440. The van der Waals surface area contributed by atoms with E-state index in [9.17, 15) is 0 Å². The molecule has 2 N–H and O–H groups in total. The second-order valence-corrected chi connectivity index (χ2v) is 0.283. The van der Waals surface area contributed by atoms with Crippen LogP contribution in [0.4, 0.5) is 4.79 Å². The molecule has 5 heavy (non-hydrogen) atoms. The summed E-state index contributed by atoms with van der Waals surface area (Å²) in [6.07, 6.45) is -1.83. The molecule has 0 aliphatic heterocycles. The summed E-state index contributed by atoms with van der Waals surface area (Å²) < 4.78 is 0. The second kappa shape index (κ2) is 3.56. The predicted molar refractivity (Wildman–Crippen MR) is 17.9 cm³/mol. The van der Waals surface area contributed by atoms with Crippen molar-refractivity contribution >= 4 is 18.6 Å². The van der Waals surface area contributed by atoms with Crippen LogP contribution in [0.3, 0.4) is 0 Å². The fourth-order valence-corrected chi connectivity index (χ4v) is 0. The SMILES string of the molecule is Cl.O=C(O)O. The van der Waals surface area contributed by atoms with Crippen LogP contribution in [0.25, 0.3) is 0 Å². The lowest BCUT2D eigenvalue weighted by Gasteiger charge is -1.60. The number of hydrogen-bond acceptors (Lipinski definition) is 1. The van der Waals surface area contributed by atoms with E-state index >= 15 is 0 Å². The zero-order chi connectivity index (χ0) is 3.58. The van der Waals surface area contributed by atoms with Gasteiger partial charge in [-0.15, -0.1) is 12.4 Å². The molecule has 0 atom stereocenters. The van der Waals surface area contributed by atoms with Crippen molar-refractivity contribution < 1.29 is 15.0 Å². The molecule has 3 nitrogen and oxygen atoms in total. The minimum atomic E-state index is -1.83. The molecule has 0 aromatic heterocycles. The van der Waals surface area contributed by atoms with E-state index in [0.717, 1.165) is 0 Å². The molecule has 0 heterocycles. The van der Waals surface area contributed by atoms with E-state index in [2.05, 4.69) is 0 Å². The Morgan fingerprint density at radius 2 is 1.40 bits per heavy atom. The molecule has 0 aromatic carbocycles. The van der Waals surface area contributed by atoms with Gasteiger partial charge in [0.2, 0.25) is 0 Å². The van der Waals surface area contributed by atoms with Crippen molar-refractivity contribution in [3.05, 3.63) is 0 Å². The van der Waals surface area contributed by atoms with Crippen LogP contribution in [0.2, 0.25) is 0 Å². The summed E-state index contributed by atoms with van der Waals surface area (Å²) in [5, 5.41) is 13.9. The molecule has 0 aliphatic carbocycles. The van der Waals surface area contributed by atoms with E-state index in [1.807, 2.05) is 0 Å². The average Bonchev–Trinajstić information content (AvgIpc) is 0.811. The van der Waals surface area contributed by atoms with Gasteiger partial charge in [0.15, 0.2) is 0 Å². The van der Waals surface area contributed by atoms with Crippen LogP contribution in [0, 0.1) is 0 Å². The summed E-state index contributed by atoms with van der Waals surface area (Å²) in [6, 6.07) is 0. The minimum Gasteiger partial charge on any atom is -0.450 e. The zero-order valence-electron chi connectivity index (χ0n) is 2.21. The third-order valence-electron chi connectivity index (χ3n) is 0. The normalized spacial score (nSPS) is 4.80. The molecule has 0 aromatic rings. The van der Waals surface area contributed by atoms with Gasteiger partial charge in [0, 0.05) is 0 Å². The van der Waals surface area contributed by atoms with Crippen molar-refractivity contribution in [2.75, 3.05) is 0 Å². The molecule has 0 unspecified atom stereocenters. The fraction of sp³-hybridized carbons (Fsp3) is 0. The van der Waals surface area contributed by atoms with Crippen LogP contribution in [-0.2, 0) is 0 Å². The van der Waals surface area contributed by atoms with Crippen LogP contribution in [0.5, 0.6) is 0 Å². The van der Waals surface area contributed by atoms with Crippen molar-refractivity contribution in [2.45, 2.75) is 0 Å². The first-order valence-electron chi connectivity index (χ1n) is 0.651. The molecule has 32 valence electrons. The number of halogens is 1. The van der Waals surface area contributed by atoms with Crippen LogP contribution in [0.15, 0.2) is 0 Å². The molecule has 0 rings (SSSR count). The fourth-order valence-electron chi connectivity index (χ4n) is 0.